The molecular formula is C15H16O2S. The Morgan fingerprint density at radius 1 is 1.00 bits per heavy atom. The lowest BCUT2D eigenvalue weighted by Gasteiger charge is -2.15. The van der Waals surface area contributed by atoms with Crippen LogP contribution in [0, 0.1) is 0 Å². The van der Waals surface area contributed by atoms with E-state index in [1.807, 2.05) is 61.5 Å². The number of hydrogen-bond acceptors (Lipinski definition) is 2. The number of hydrogen-bond donors (Lipinski definition) is 0. The minimum Gasteiger partial charge on any atom is -0.496 e. The molecule has 0 saturated heterocycles. The van der Waals surface area contributed by atoms with Gasteiger partial charge in [0, 0.05) is 10.5 Å². The first-order valence-electron chi connectivity index (χ1n) is 5.82. The van der Waals surface area contributed by atoms with Crippen molar-refractivity contribution < 1.29 is 8.95 Å². The summed E-state index contributed by atoms with van der Waals surface area (Å²) in [7, 11) is 0.565. The molecule has 2 nitrogen and oxygen atoms in total. The summed E-state index contributed by atoms with van der Waals surface area (Å²) in [6, 6.07) is 17.2. The van der Waals surface area contributed by atoms with Gasteiger partial charge in [0.25, 0.3) is 0 Å². The second-order valence-electron chi connectivity index (χ2n) is 3.99. The van der Waals surface area contributed by atoms with Gasteiger partial charge in [-0.3, -0.25) is 4.21 Å². The molecule has 1 unspecified atom stereocenters. The fourth-order valence-electron chi connectivity index (χ4n) is 1.88. The van der Waals surface area contributed by atoms with Crippen LogP contribution in [0.2, 0.25) is 0 Å². The molecule has 0 aliphatic heterocycles. The van der Waals surface area contributed by atoms with Crippen molar-refractivity contribution in [3.63, 3.8) is 0 Å². The highest BCUT2D eigenvalue weighted by atomic mass is 32.2. The van der Waals surface area contributed by atoms with Crippen LogP contribution in [0.15, 0.2) is 59.5 Å². The Hall–Kier alpha value is -1.61. The molecule has 0 spiro atoms. The molecule has 0 saturated carbocycles. The van der Waals surface area contributed by atoms with Gasteiger partial charge in [0.05, 0.1) is 23.2 Å². The lowest BCUT2D eigenvalue weighted by Crippen LogP contribution is -2.04. The van der Waals surface area contributed by atoms with E-state index in [0.717, 1.165) is 16.2 Å². The van der Waals surface area contributed by atoms with Gasteiger partial charge in [-0.15, -0.1) is 0 Å². The SMILES string of the molecule is COc1ccccc1[C@@H](C)S(=O)c1ccccc1. The fraction of sp³-hybridized carbons (Fsp3) is 0.200. The van der Waals surface area contributed by atoms with Crippen molar-refractivity contribution in [3.05, 3.63) is 60.2 Å². The summed E-state index contributed by atoms with van der Waals surface area (Å²) in [5.41, 5.74) is 0.974. The molecule has 2 rings (SSSR count). The monoisotopic (exact) mass is 260 g/mol. The minimum atomic E-state index is -1.07. The zero-order chi connectivity index (χ0) is 13.0. The van der Waals surface area contributed by atoms with Crippen LogP contribution >= 0.6 is 0 Å². The summed E-state index contributed by atoms with van der Waals surface area (Å²) in [4.78, 5) is 0.843. The van der Waals surface area contributed by atoms with Gasteiger partial charge in [-0.1, -0.05) is 36.4 Å². The van der Waals surface area contributed by atoms with E-state index in [0.29, 0.717) is 0 Å². The maximum atomic E-state index is 12.5. The van der Waals surface area contributed by atoms with Crippen molar-refractivity contribution in [1.82, 2.24) is 0 Å². The third kappa shape index (κ3) is 2.62. The van der Waals surface area contributed by atoms with Crippen LogP contribution in [0.1, 0.15) is 17.7 Å². The Balaban J connectivity index is 2.31. The number of para-hydroxylation sites is 1. The number of benzene rings is 2. The number of methoxy groups -OCH3 is 1. The van der Waals surface area contributed by atoms with E-state index in [9.17, 15) is 4.21 Å². The van der Waals surface area contributed by atoms with Gasteiger partial charge < -0.3 is 4.74 Å². The summed E-state index contributed by atoms with van der Waals surface area (Å²) >= 11 is 0. The smallest absolute Gasteiger partial charge is 0.123 e. The number of ether oxygens (including phenoxy) is 1. The largest absolute Gasteiger partial charge is 0.496 e. The maximum absolute atomic E-state index is 12.5. The molecule has 0 aliphatic carbocycles. The van der Waals surface area contributed by atoms with Crippen LogP contribution in [0.4, 0.5) is 0 Å². The van der Waals surface area contributed by atoms with Crippen LogP contribution in [0.25, 0.3) is 0 Å². The molecule has 0 heterocycles. The van der Waals surface area contributed by atoms with E-state index >= 15 is 0 Å². The van der Waals surface area contributed by atoms with Crippen molar-refractivity contribution >= 4 is 10.8 Å². The topological polar surface area (TPSA) is 26.3 Å². The van der Waals surface area contributed by atoms with Crippen molar-refractivity contribution in [1.29, 1.82) is 0 Å². The van der Waals surface area contributed by atoms with Crippen LogP contribution in [-0.2, 0) is 10.8 Å². The van der Waals surface area contributed by atoms with E-state index in [1.165, 1.54) is 0 Å². The lowest BCUT2D eigenvalue weighted by molar-refractivity contribution is 0.409. The molecule has 0 radical (unpaired) electrons. The standard InChI is InChI=1S/C15H16O2S/c1-12(14-10-6-7-11-15(14)17-2)18(16)13-8-4-3-5-9-13/h3-12H,1-2H3/t12-,18?/m1/s1. The Morgan fingerprint density at radius 2 is 1.61 bits per heavy atom. The van der Waals surface area contributed by atoms with Gasteiger partial charge in [-0.05, 0) is 25.1 Å². The molecule has 2 atom stereocenters. The van der Waals surface area contributed by atoms with Gasteiger partial charge in [0.1, 0.15) is 5.75 Å². The summed E-state index contributed by atoms with van der Waals surface area (Å²) in [6.45, 7) is 1.96. The van der Waals surface area contributed by atoms with Gasteiger partial charge in [-0.25, -0.2) is 0 Å². The zero-order valence-corrected chi connectivity index (χ0v) is 11.3. The molecule has 0 fully saturated rings. The first kappa shape index (κ1) is 12.8. The molecule has 3 heteroatoms. The first-order valence-corrected chi connectivity index (χ1v) is 7.04. The van der Waals surface area contributed by atoms with Gasteiger partial charge in [-0.2, -0.15) is 0 Å². The summed E-state index contributed by atoms with van der Waals surface area (Å²) in [5, 5.41) is -0.0939. The predicted molar refractivity (Wildman–Crippen MR) is 74.3 cm³/mol. The van der Waals surface area contributed by atoms with E-state index in [2.05, 4.69) is 0 Å². The van der Waals surface area contributed by atoms with Gasteiger partial charge in [0.15, 0.2) is 0 Å². The average Bonchev–Trinajstić information content (AvgIpc) is 2.46. The predicted octanol–water partition coefficient (Wildman–Crippen LogP) is 3.56. The average molecular weight is 260 g/mol. The Bertz CT molecular complexity index is 537. The van der Waals surface area contributed by atoms with E-state index in [4.69, 9.17) is 4.74 Å². The lowest BCUT2D eigenvalue weighted by atomic mass is 10.1. The van der Waals surface area contributed by atoms with Crippen molar-refractivity contribution in [2.24, 2.45) is 0 Å². The molecule has 2 aromatic carbocycles. The van der Waals surface area contributed by atoms with Crippen LogP contribution in [-0.4, -0.2) is 11.3 Å². The Morgan fingerprint density at radius 3 is 2.28 bits per heavy atom. The van der Waals surface area contributed by atoms with E-state index in [1.54, 1.807) is 7.11 Å². The van der Waals surface area contributed by atoms with Crippen LogP contribution in [0.5, 0.6) is 5.75 Å². The van der Waals surface area contributed by atoms with Crippen LogP contribution < -0.4 is 4.74 Å². The molecule has 94 valence electrons. The van der Waals surface area contributed by atoms with Gasteiger partial charge >= 0.3 is 0 Å². The molecule has 2 aromatic rings. The van der Waals surface area contributed by atoms with Crippen molar-refractivity contribution in [2.45, 2.75) is 17.1 Å². The quantitative estimate of drug-likeness (QED) is 0.840. The van der Waals surface area contributed by atoms with Crippen molar-refractivity contribution in [3.8, 4) is 5.75 Å². The van der Waals surface area contributed by atoms with Crippen molar-refractivity contribution in [2.75, 3.05) is 7.11 Å². The molecule has 0 N–H and O–H groups in total. The normalized spacial score (nSPS) is 13.9. The van der Waals surface area contributed by atoms with E-state index < -0.39 is 10.8 Å². The molecule has 0 aromatic heterocycles. The van der Waals surface area contributed by atoms with Crippen LogP contribution in [0.3, 0.4) is 0 Å². The minimum absolute atomic E-state index is 0.0939. The first-order chi connectivity index (χ1) is 8.74. The fourth-order valence-corrected chi connectivity index (χ4v) is 3.14. The maximum Gasteiger partial charge on any atom is 0.123 e. The van der Waals surface area contributed by atoms with E-state index in [-0.39, 0.29) is 5.25 Å². The second kappa shape index (κ2) is 5.83. The zero-order valence-electron chi connectivity index (χ0n) is 10.5. The summed E-state index contributed by atoms with van der Waals surface area (Å²) in [6.07, 6.45) is 0. The third-order valence-corrected chi connectivity index (χ3v) is 4.51. The highest BCUT2D eigenvalue weighted by Gasteiger charge is 2.18. The molecule has 18 heavy (non-hydrogen) atoms. The molecular weight excluding hydrogens is 244 g/mol. The highest BCUT2D eigenvalue weighted by molar-refractivity contribution is 7.85. The van der Waals surface area contributed by atoms with Gasteiger partial charge in [0.2, 0.25) is 0 Å². The highest BCUT2D eigenvalue weighted by Crippen LogP contribution is 2.31. The summed E-state index contributed by atoms with van der Waals surface area (Å²) < 4.78 is 17.8. The molecule has 0 aliphatic rings. The Labute approximate surface area is 110 Å². The summed E-state index contributed by atoms with van der Waals surface area (Å²) in [5.74, 6) is 0.786. The molecule has 0 bridgehead atoms. The molecule has 0 amide bonds. The third-order valence-electron chi connectivity index (χ3n) is 2.87. The second-order valence-corrected chi connectivity index (χ2v) is 5.77. The number of rotatable bonds is 4. The Kier molecular flexibility index (Phi) is 4.15.